The first-order valence-electron chi connectivity index (χ1n) is 5.81. The van der Waals surface area contributed by atoms with Crippen molar-refractivity contribution in [2.75, 3.05) is 0 Å². The van der Waals surface area contributed by atoms with Gasteiger partial charge in [-0.25, -0.2) is 5.43 Å². The Morgan fingerprint density at radius 1 is 1.32 bits per heavy atom. The molecule has 2 N–H and O–H groups in total. The summed E-state index contributed by atoms with van der Waals surface area (Å²) in [6, 6.07) is 2.25. The number of carbonyl (C=O) groups excluding carboxylic acids is 1. The van der Waals surface area contributed by atoms with Crippen LogP contribution in [-0.4, -0.2) is 16.6 Å². The molecule has 1 amide bonds. The smallest absolute Gasteiger partial charge is 0.351 e. The highest BCUT2D eigenvalue weighted by molar-refractivity contribution is 6.28. The number of aromatic amines is 1. The van der Waals surface area contributed by atoms with E-state index in [0.717, 1.165) is 18.9 Å². The van der Waals surface area contributed by atoms with E-state index < -0.39 is 11.9 Å². The minimum Gasteiger partial charge on any atom is -0.351 e. The van der Waals surface area contributed by atoms with Crippen LogP contribution in [0, 0.1) is 5.92 Å². The average Bonchev–Trinajstić information content (AvgIpc) is 2.93. The minimum absolute atomic E-state index is 0.243. The van der Waals surface area contributed by atoms with Gasteiger partial charge in [-0.05, 0) is 31.1 Å². The van der Waals surface area contributed by atoms with Gasteiger partial charge in [0.25, 0.3) is 5.91 Å². The molecule has 19 heavy (non-hydrogen) atoms. The van der Waals surface area contributed by atoms with Crippen molar-refractivity contribution in [3.8, 4) is 0 Å². The number of rotatable bonds is 2. The fourth-order valence-electron chi connectivity index (χ4n) is 1.97. The van der Waals surface area contributed by atoms with Gasteiger partial charge in [0.2, 0.25) is 0 Å². The Bertz CT molecular complexity index is 594. The zero-order valence-electron chi connectivity index (χ0n) is 9.71. The summed E-state index contributed by atoms with van der Waals surface area (Å²) in [7, 11) is 0. The average molecular weight is 269 g/mol. The van der Waals surface area contributed by atoms with Gasteiger partial charge in [-0.2, -0.15) is 18.3 Å². The molecule has 0 aromatic carbocycles. The Balaban J connectivity index is 1.90. The lowest BCUT2D eigenvalue weighted by atomic mass is 10.1. The lowest BCUT2D eigenvalue weighted by molar-refractivity contribution is -0.140. The van der Waals surface area contributed by atoms with E-state index in [9.17, 15) is 18.0 Å². The molecule has 2 heterocycles. The summed E-state index contributed by atoms with van der Waals surface area (Å²) in [5, 5.41) is 3.92. The van der Waals surface area contributed by atoms with Crippen LogP contribution in [0.4, 0.5) is 13.2 Å². The van der Waals surface area contributed by atoms with Crippen LogP contribution in [0.1, 0.15) is 24.2 Å². The maximum atomic E-state index is 12.5. The molecule has 1 saturated carbocycles. The molecule has 2 aliphatic rings. The van der Waals surface area contributed by atoms with E-state index in [1.165, 1.54) is 12.1 Å². The highest BCUT2D eigenvalue weighted by Gasteiger charge is 2.36. The largest absolute Gasteiger partial charge is 0.431 e. The molecule has 7 heteroatoms. The van der Waals surface area contributed by atoms with E-state index in [1.54, 1.807) is 0 Å². The normalized spacial score (nSPS) is 21.7. The molecule has 1 fully saturated rings. The number of hydrogen-bond donors (Lipinski definition) is 2. The summed E-state index contributed by atoms with van der Waals surface area (Å²) in [6.45, 7) is 0. The van der Waals surface area contributed by atoms with Gasteiger partial charge in [0.05, 0.1) is 11.3 Å². The SMILES string of the molecule is O=C1NN=C(C2CC2)C1=Cc1ccc(C(F)(F)F)[nH]1. The molecular formula is C12H10F3N3O. The molecule has 4 nitrogen and oxygen atoms in total. The Morgan fingerprint density at radius 2 is 2.05 bits per heavy atom. The molecule has 0 atom stereocenters. The highest BCUT2D eigenvalue weighted by Crippen LogP contribution is 2.35. The number of halogens is 3. The molecule has 0 saturated heterocycles. The third-order valence-corrected chi connectivity index (χ3v) is 3.08. The van der Waals surface area contributed by atoms with E-state index in [4.69, 9.17) is 0 Å². The van der Waals surface area contributed by atoms with Gasteiger partial charge in [-0.3, -0.25) is 4.79 Å². The number of nitrogens with one attached hydrogen (secondary N) is 2. The third kappa shape index (κ3) is 2.27. The van der Waals surface area contributed by atoms with Crippen molar-refractivity contribution >= 4 is 17.7 Å². The van der Waals surface area contributed by atoms with Crippen LogP contribution in [0.2, 0.25) is 0 Å². The van der Waals surface area contributed by atoms with Gasteiger partial charge in [0.15, 0.2) is 0 Å². The summed E-state index contributed by atoms with van der Waals surface area (Å²) < 4.78 is 37.4. The van der Waals surface area contributed by atoms with Crippen molar-refractivity contribution in [2.24, 2.45) is 11.0 Å². The monoisotopic (exact) mass is 269 g/mol. The van der Waals surface area contributed by atoms with E-state index in [-0.39, 0.29) is 17.5 Å². The summed E-state index contributed by atoms with van der Waals surface area (Å²) in [6.07, 6.45) is -1.08. The Hall–Kier alpha value is -2.05. The molecule has 1 aromatic rings. The van der Waals surface area contributed by atoms with Crippen molar-refractivity contribution in [1.29, 1.82) is 0 Å². The number of alkyl halides is 3. The fraction of sp³-hybridized carbons (Fsp3) is 0.333. The predicted octanol–water partition coefficient (Wildman–Crippen LogP) is 2.31. The first kappa shape index (κ1) is 12.0. The molecular weight excluding hydrogens is 259 g/mol. The first-order valence-corrected chi connectivity index (χ1v) is 5.81. The minimum atomic E-state index is -4.41. The molecule has 1 aromatic heterocycles. The van der Waals surface area contributed by atoms with E-state index in [1.807, 2.05) is 0 Å². The molecule has 1 aliphatic carbocycles. The second-order valence-electron chi connectivity index (χ2n) is 4.60. The zero-order chi connectivity index (χ0) is 13.6. The Labute approximate surface area is 106 Å². The molecule has 0 spiro atoms. The Kier molecular flexibility index (Phi) is 2.51. The Morgan fingerprint density at radius 3 is 2.63 bits per heavy atom. The predicted molar refractivity (Wildman–Crippen MR) is 62.1 cm³/mol. The van der Waals surface area contributed by atoms with Crippen molar-refractivity contribution in [3.05, 3.63) is 29.1 Å². The maximum absolute atomic E-state index is 12.5. The summed E-state index contributed by atoms with van der Waals surface area (Å²) in [5.41, 5.74) is 2.75. The number of nitrogens with zero attached hydrogens (tertiary/aromatic N) is 1. The summed E-state index contributed by atoms with van der Waals surface area (Å²) in [4.78, 5) is 13.8. The third-order valence-electron chi connectivity index (χ3n) is 3.08. The summed E-state index contributed by atoms with van der Waals surface area (Å²) in [5.74, 6) is -0.118. The standard InChI is InChI=1S/C12H10F3N3O/c13-12(14,15)9-4-3-7(16-9)5-8-10(6-1-2-6)17-18-11(8)19/h3-6,16H,1-2H2,(H,18,19). The van der Waals surface area contributed by atoms with Crippen molar-refractivity contribution in [1.82, 2.24) is 10.4 Å². The zero-order valence-corrected chi connectivity index (χ0v) is 9.71. The molecule has 1 aliphatic heterocycles. The van der Waals surface area contributed by atoms with Gasteiger partial charge in [-0.15, -0.1) is 0 Å². The van der Waals surface area contributed by atoms with Gasteiger partial charge >= 0.3 is 6.18 Å². The van der Waals surface area contributed by atoms with Crippen LogP contribution >= 0.6 is 0 Å². The van der Waals surface area contributed by atoms with E-state index in [2.05, 4.69) is 15.5 Å². The number of H-pyrrole nitrogens is 1. The van der Waals surface area contributed by atoms with Gasteiger partial charge < -0.3 is 4.98 Å². The van der Waals surface area contributed by atoms with Gasteiger partial charge in [0, 0.05) is 11.6 Å². The highest BCUT2D eigenvalue weighted by atomic mass is 19.4. The lowest BCUT2D eigenvalue weighted by Gasteiger charge is -2.02. The molecule has 0 bridgehead atoms. The van der Waals surface area contributed by atoms with Crippen LogP contribution in [0.25, 0.3) is 6.08 Å². The number of amides is 1. The van der Waals surface area contributed by atoms with Crippen molar-refractivity contribution in [3.63, 3.8) is 0 Å². The van der Waals surface area contributed by atoms with Crippen molar-refractivity contribution < 1.29 is 18.0 Å². The molecule has 0 radical (unpaired) electrons. The maximum Gasteiger partial charge on any atom is 0.431 e. The van der Waals surface area contributed by atoms with Crippen LogP contribution in [-0.2, 0) is 11.0 Å². The van der Waals surface area contributed by atoms with E-state index in [0.29, 0.717) is 11.3 Å². The number of aromatic nitrogens is 1. The lowest BCUT2D eigenvalue weighted by Crippen LogP contribution is -2.13. The van der Waals surface area contributed by atoms with Gasteiger partial charge in [0.1, 0.15) is 5.69 Å². The number of hydrazone groups is 1. The quantitative estimate of drug-likeness (QED) is 0.795. The van der Waals surface area contributed by atoms with Crippen molar-refractivity contribution in [2.45, 2.75) is 19.0 Å². The molecule has 3 rings (SSSR count). The fourth-order valence-corrected chi connectivity index (χ4v) is 1.97. The van der Waals surface area contributed by atoms with Crippen LogP contribution < -0.4 is 5.43 Å². The van der Waals surface area contributed by atoms with Crippen LogP contribution in [0.15, 0.2) is 22.8 Å². The number of hydrogen-bond acceptors (Lipinski definition) is 2. The van der Waals surface area contributed by atoms with Crippen LogP contribution in [0.3, 0.4) is 0 Å². The first-order chi connectivity index (χ1) is 8.95. The molecule has 100 valence electrons. The van der Waals surface area contributed by atoms with Crippen LogP contribution in [0.5, 0.6) is 0 Å². The topological polar surface area (TPSA) is 57.2 Å². The second-order valence-corrected chi connectivity index (χ2v) is 4.60. The summed E-state index contributed by atoms with van der Waals surface area (Å²) >= 11 is 0. The number of carbonyl (C=O) groups is 1. The van der Waals surface area contributed by atoms with E-state index >= 15 is 0 Å². The van der Waals surface area contributed by atoms with Gasteiger partial charge in [-0.1, -0.05) is 0 Å². The second kappa shape index (κ2) is 3.97. The molecule has 0 unspecified atom stereocenters.